The summed E-state index contributed by atoms with van der Waals surface area (Å²) in [5.41, 5.74) is 1.97. The first-order valence-corrected chi connectivity index (χ1v) is 6.65. The van der Waals surface area contributed by atoms with Gasteiger partial charge in [0.15, 0.2) is 0 Å². The van der Waals surface area contributed by atoms with Crippen LogP contribution in [0.4, 0.5) is 21.5 Å². The van der Waals surface area contributed by atoms with Gasteiger partial charge in [0.25, 0.3) is 0 Å². The van der Waals surface area contributed by atoms with Crippen molar-refractivity contribution in [3.8, 4) is 0 Å². The van der Waals surface area contributed by atoms with Crippen LogP contribution in [0.3, 0.4) is 0 Å². The molecule has 0 unspecified atom stereocenters. The number of anilines is 3. The van der Waals surface area contributed by atoms with Crippen molar-refractivity contribution in [1.29, 1.82) is 0 Å². The van der Waals surface area contributed by atoms with E-state index in [0.717, 1.165) is 24.2 Å². The molecular weight excluding hydrogens is 255 g/mol. The monoisotopic (exact) mass is 270 g/mol. The Balaban J connectivity index is 1.66. The number of para-hydroxylation sites is 1. The van der Waals surface area contributed by atoms with E-state index in [1.807, 2.05) is 24.3 Å². The van der Waals surface area contributed by atoms with E-state index < -0.39 is 0 Å². The number of hydrogen-bond acceptors (Lipinski definition) is 2. The molecule has 4 heteroatoms. The first-order chi connectivity index (χ1) is 9.72. The van der Waals surface area contributed by atoms with Crippen LogP contribution in [-0.4, -0.2) is 5.91 Å². The average molecular weight is 270 g/mol. The largest absolute Gasteiger partial charge is 0.353 e. The van der Waals surface area contributed by atoms with Gasteiger partial charge in [-0.05, 0) is 49.2 Å². The predicted molar refractivity (Wildman–Crippen MR) is 77.5 cm³/mol. The fourth-order valence-corrected chi connectivity index (χ4v) is 1.94. The molecule has 20 heavy (non-hydrogen) atoms. The number of rotatable bonds is 4. The standard InChI is InChI=1S/C16H15FN2O/c17-14-3-1-2-4-15(14)18-12-7-9-13(10-8-12)19-16(20)11-5-6-11/h1-4,7-11,18H,5-6H2,(H,19,20). The van der Waals surface area contributed by atoms with Crippen LogP contribution in [0.25, 0.3) is 0 Å². The lowest BCUT2D eigenvalue weighted by atomic mass is 10.2. The number of benzene rings is 2. The van der Waals surface area contributed by atoms with Crippen molar-refractivity contribution >= 4 is 23.0 Å². The summed E-state index contributed by atoms with van der Waals surface area (Å²) in [6.07, 6.45) is 1.97. The van der Waals surface area contributed by atoms with Crippen LogP contribution in [0.15, 0.2) is 48.5 Å². The maximum absolute atomic E-state index is 13.5. The molecule has 3 nitrogen and oxygen atoms in total. The Morgan fingerprint density at radius 3 is 2.30 bits per heavy atom. The molecule has 0 aromatic heterocycles. The van der Waals surface area contributed by atoms with Gasteiger partial charge in [-0.2, -0.15) is 0 Å². The highest BCUT2D eigenvalue weighted by Crippen LogP contribution is 2.30. The zero-order chi connectivity index (χ0) is 13.9. The molecule has 102 valence electrons. The Morgan fingerprint density at radius 2 is 1.65 bits per heavy atom. The van der Waals surface area contributed by atoms with Gasteiger partial charge in [-0.3, -0.25) is 4.79 Å². The minimum Gasteiger partial charge on any atom is -0.353 e. The predicted octanol–water partition coefficient (Wildman–Crippen LogP) is 3.92. The van der Waals surface area contributed by atoms with Gasteiger partial charge < -0.3 is 10.6 Å². The molecule has 2 N–H and O–H groups in total. The normalized spacial score (nSPS) is 13.8. The lowest BCUT2D eigenvalue weighted by Gasteiger charge is -2.09. The molecule has 1 fully saturated rings. The number of amides is 1. The van der Waals surface area contributed by atoms with Gasteiger partial charge >= 0.3 is 0 Å². The van der Waals surface area contributed by atoms with Crippen molar-refractivity contribution < 1.29 is 9.18 Å². The molecule has 2 aromatic carbocycles. The number of halogens is 1. The molecule has 1 aliphatic rings. The zero-order valence-electron chi connectivity index (χ0n) is 10.9. The summed E-state index contributed by atoms with van der Waals surface area (Å²) in [4.78, 5) is 11.6. The quantitative estimate of drug-likeness (QED) is 0.884. The van der Waals surface area contributed by atoms with Crippen molar-refractivity contribution in [3.63, 3.8) is 0 Å². The highest BCUT2D eigenvalue weighted by molar-refractivity contribution is 5.94. The van der Waals surface area contributed by atoms with Crippen LogP contribution in [0.1, 0.15) is 12.8 Å². The van der Waals surface area contributed by atoms with Crippen LogP contribution in [0, 0.1) is 11.7 Å². The van der Waals surface area contributed by atoms with Gasteiger partial charge in [0.05, 0.1) is 5.69 Å². The van der Waals surface area contributed by atoms with Gasteiger partial charge in [-0.25, -0.2) is 4.39 Å². The average Bonchev–Trinajstić information content (AvgIpc) is 3.28. The highest BCUT2D eigenvalue weighted by Gasteiger charge is 2.29. The summed E-state index contributed by atoms with van der Waals surface area (Å²) in [5.74, 6) is -0.0235. The van der Waals surface area contributed by atoms with Crippen molar-refractivity contribution in [2.45, 2.75) is 12.8 Å². The SMILES string of the molecule is O=C(Nc1ccc(Nc2ccccc2F)cc1)C1CC1. The summed E-state index contributed by atoms with van der Waals surface area (Å²) in [7, 11) is 0. The summed E-state index contributed by atoms with van der Waals surface area (Å²) >= 11 is 0. The third kappa shape index (κ3) is 2.96. The molecule has 2 aromatic rings. The van der Waals surface area contributed by atoms with E-state index >= 15 is 0 Å². The van der Waals surface area contributed by atoms with Crippen molar-refractivity contribution in [1.82, 2.24) is 0 Å². The van der Waals surface area contributed by atoms with Crippen LogP contribution in [0.2, 0.25) is 0 Å². The summed E-state index contributed by atoms with van der Waals surface area (Å²) in [5, 5.41) is 5.87. The van der Waals surface area contributed by atoms with Gasteiger partial charge in [0, 0.05) is 17.3 Å². The Hall–Kier alpha value is -2.36. The molecule has 1 aliphatic carbocycles. The van der Waals surface area contributed by atoms with Crippen molar-refractivity contribution in [2.24, 2.45) is 5.92 Å². The molecule has 0 saturated heterocycles. The lowest BCUT2D eigenvalue weighted by molar-refractivity contribution is -0.117. The minimum atomic E-state index is -0.293. The van der Waals surface area contributed by atoms with E-state index in [9.17, 15) is 9.18 Å². The molecule has 0 atom stereocenters. The molecule has 0 aliphatic heterocycles. The molecule has 0 radical (unpaired) electrons. The first kappa shape index (κ1) is 12.7. The Morgan fingerprint density at radius 1 is 1.00 bits per heavy atom. The van der Waals surface area contributed by atoms with Crippen molar-refractivity contribution in [3.05, 3.63) is 54.3 Å². The zero-order valence-corrected chi connectivity index (χ0v) is 10.9. The Bertz CT molecular complexity index is 621. The van der Waals surface area contributed by atoms with Gasteiger partial charge in [-0.1, -0.05) is 12.1 Å². The van der Waals surface area contributed by atoms with Crippen LogP contribution in [-0.2, 0) is 4.79 Å². The van der Waals surface area contributed by atoms with E-state index in [0.29, 0.717) is 5.69 Å². The number of carbonyl (C=O) groups is 1. The van der Waals surface area contributed by atoms with E-state index in [2.05, 4.69) is 10.6 Å². The van der Waals surface area contributed by atoms with E-state index in [-0.39, 0.29) is 17.6 Å². The van der Waals surface area contributed by atoms with E-state index in [4.69, 9.17) is 0 Å². The first-order valence-electron chi connectivity index (χ1n) is 6.65. The topological polar surface area (TPSA) is 41.1 Å². The van der Waals surface area contributed by atoms with Gasteiger partial charge in [0.1, 0.15) is 5.82 Å². The number of nitrogens with one attached hydrogen (secondary N) is 2. The lowest BCUT2D eigenvalue weighted by Crippen LogP contribution is -2.13. The maximum Gasteiger partial charge on any atom is 0.227 e. The smallest absolute Gasteiger partial charge is 0.227 e. The fraction of sp³-hybridized carbons (Fsp3) is 0.188. The van der Waals surface area contributed by atoms with Crippen molar-refractivity contribution in [2.75, 3.05) is 10.6 Å². The summed E-state index contributed by atoms with van der Waals surface area (Å²) < 4.78 is 13.5. The van der Waals surface area contributed by atoms with E-state index in [1.54, 1.807) is 18.2 Å². The molecular formula is C16H15FN2O. The fourth-order valence-electron chi connectivity index (χ4n) is 1.94. The summed E-state index contributed by atoms with van der Waals surface area (Å²) in [6, 6.07) is 13.8. The van der Waals surface area contributed by atoms with E-state index in [1.165, 1.54) is 6.07 Å². The maximum atomic E-state index is 13.5. The molecule has 1 amide bonds. The molecule has 0 bridgehead atoms. The van der Waals surface area contributed by atoms with Crippen LogP contribution in [0.5, 0.6) is 0 Å². The third-order valence-electron chi connectivity index (χ3n) is 3.25. The second kappa shape index (κ2) is 5.33. The highest BCUT2D eigenvalue weighted by atomic mass is 19.1. The van der Waals surface area contributed by atoms with Crippen LogP contribution < -0.4 is 10.6 Å². The number of carbonyl (C=O) groups excluding carboxylic acids is 1. The second-order valence-electron chi connectivity index (χ2n) is 4.95. The Labute approximate surface area is 116 Å². The van der Waals surface area contributed by atoms with Gasteiger partial charge in [0.2, 0.25) is 5.91 Å². The number of hydrogen-bond donors (Lipinski definition) is 2. The Kier molecular flexibility index (Phi) is 3.37. The molecule has 3 rings (SSSR count). The molecule has 0 spiro atoms. The third-order valence-corrected chi connectivity index (χ3v) is 3.25. The van der Waals surface area contributed by atoms with Gasteiger partial charge in [-0.15, -0.1) is 0 Å². The van der Waals surface area contributed by atoms with Crippen LogP contribution >= 0.6 is 0 Å². The molecule has 0 heterocycles. The summed E-state index contributed by atoms with van der Waals surface area (Å²) in [6.45, 7) is 0. The minimum absolute atomic E-state index is 0.0832. The molecule has 1 saturated carbocycles. The second-order valence-corrected chi connectivity index (χ2v) is 4.95.